The van der Waals surface area contributed by atoms with Crippen LogP contribution in [0.2, 0.25) is 0 Å². The van der Waals surface area contributed by atoms with Crippen LogP contribution in [0, 0.1) is 12.8 Å². The van der Waals surface area contributed by atoms with Crippen molar-refractivity contribution in [2.45, 2.75) is 70.2 Å². The SMILES string of the molecule is CCC1CCN(Cc2cc([C@@H]3O[C@H](CO)[C@@H](O)[C@H](O)[C@H]3O)ccc2C)CC1. The Labute approximate surface area is 161 Å². The molecule has 2 aliphatic heterocycles. The molecule has 5 atom stereocenters. The molecule has 3 rings (SSSR count). The van der Waals surface area contributed by atoms with E-state index >= 15 is 0 Å². The summed E-state index contributed by atoms with van der Waals surface area (Å²) in [6, 6.07) is 5.91. The third-order valence-corrected chi connectivity index (χ3v) is 6.27. The number of nitrogens with zero attached hydrogens (tertiary/aromatic N) is 1. The lowest BCUT2D eigenvalue weighted by Crippen LogP contribution is -2.55. The monoisotopic (exact) mass is 379 g/mol. The second-order valence-corrected chi connectivity index (χ2v) is 8.06. The maximum Gasteiger partial charge on any atom is 0.113 e. The molecule has 0 bridgehead atoms. The number of rotatable bonds is 5. The predicted molar refractivity (Wildman–Crippen MR) is 102 cm³/mol. The van der Waals surface area contributed by atoms with Gasteiger partial charge in [-0.05, 0) is 55.5 Å². The molecule has 6 nitrogen and oxygen atoms in total. The molecule has 1 aromatic rings. The lowest BCUT2D eigenvalue weighted by atomic mass is 9.89. The lowest BCUT2D eigenvalue weighted by molar-refractivity contribution is -0.231. The van der Waals surface area contributed by atoms with E-state index in [1.165, 1.54) is 30.4 Å². The van der Waals surface area contributed by atoms with Crippen molar-refractivity contribution in [1.82, 2.24) is 4.90 Å². The van der Waals surface area contributed by atoms with E-state index in [2.05, 4.69) is 18.7 Å². The van der Waals surface area contributed by atoms with Crippen LogP contribution in [0.3, 0.4) is 0 Å². The first kappa shape index (κ1) is 20.7. The number of hydrogen-bond donors (Lipinski definition) is 4. The van der Waals surface area contributed by atoms with Crippen molar-refractivity contribution < 1.29 is 25.2 Å². The smallest absolute Gasteiger partial charge is 0.113 e. The Morgan fingerprint density at radius 1 is 1.07 bits per heavy atom. The molecule has 0 saturated carbocycles. The maximum atomic E-state index is 10.4. The fraction of sp³-hybridized carbons (Fsp3) is 0.714. The number of hydrogen-bond acceptors (Lipinski definition) is 6. The minimum Gasteiger partial charge on any atom is -0.394 e. The number of aliphatic hydroxyl groups is 4. The average molecular weight is 379 g/mol. The number of benzene rings is 1. The second kappa shape index (κ2) is 8.99. The normalized spacial score (nSPS) is 33.3. The van der Waals surface area contributed by atoms with Crippen molar-refractivity contribution in [3.8, 4) is 0 Å². The summed E-state index contributed by atoms with van der Waals surface area (Å²) in [5.74, 6) is 0.836. The van der Waals surface area contributed by atoms with Crippen LogP contribution in [0.4, 0.5) is 0 Å². The Balaban J connectivity index is 1.74. The molecular weight excluding hydrogens is 346 g/mol. The Morgan fingerprint density at radius 2 is 1.78 bits per heavy atom. The Hall–Kier alpha value is -1.02. The molecule has 2 saturated heterocycles. The summed E-state index contributed by atoms with van der Waals surface area (Å²) in [4.78, 5) is 2.46. The fourth-order valence-electron chi connectivity index (χ4n) is 4.21. The third-order valence-electron chi connectivity index (χ3n) is 6.27. The Kier molecular flexibility index (Phi) is 6.89. The summed E-state index contributed by atoms with van der Waals surface area (Å²) in [6.07, 6.45) is -1.84. The van der Waals surface area contributed by atoms with Crippen LogP contribution in [0.25, 0.3) is 0 Å². The lowest BCUT2D eigenvalue weighted by Gasteiger charge is -2.40. The molecule has 0 amide bonds. The Bertz CT molecular complexity index is 615. The van der Waals surface area contributed by atoms with E-state index in [9.17, 15) is 20.4 Å². The molecule has 152 valence electrons. The van der Waals surface area contributed by atoms with Gasteiger partial charge in [0.25, 0.3) is 0 Å². The molecule has 0 radical (unpaired) electrons. The molecule has 2 heterocycles. The summed E-state index contributed by atoms with van der Waals surface area (Å²) >= 11 is 0. The summed E-state index contributed by atoms with van der Waals surface area (Å²) in [7, 11) is 0. The minimum atomic E-state index is -1.35. The summed E-state index contributed by atoms with van der Waals surface area (Å²) in [6.45, 7) is 6.98. The van der Waals surface area contributed by atoms with Gasteiger partial charge >= 0.3 is 0 Å². The highest BCUT2D eigenvalue weighted by Gasteiger charge is 2.44. The Morgan fingerprint density at radius 3 is 2.41 bits per heavy atom. The first-order chi connectivity index (χ1) is 12.9. The van der Waals surface area contributed by atoms with E-state index in [0.717, 1.165) is 31.1 Å². The highest BCUT2D eigenvalue weighted by molar-refractivity contribution is 5.33. The maximum absolute atomic E-state index is 10.4. The molecule has 0 aliphatic carbocycles. The van der Waals surface area contributed by atoms with Gasteiger partial charge in [0, 0.05) is 6.54 Å². The van der Waals surface area contributed by atoms with Crippen molar-refractivity contribution in [3.05, 3.63) is 34.9 Å². The van der Waals surface area contributed by atoms with E-state index in [0.29, 0.717) is 0 Å². The van der Waals surface area contributed by atoms with Gasteiger partial charge in [0.2, 0.25) is 0 Å². The number of ether oxygens (including phenoxy) is 1. The molecule has 6 heteroatoms. The van der Waals surface area contributed by atoms with E-state index in [1.807, 2.05) is 18.2 Å². The molecule has 27 heavy (non-hydrogen) atoms. The standard InChI is InChI=1S/C21H33NO5/c1-3-14-6-8-22(9-7-14)11-16-10-15(5-4-13(16)2)21-20(26)19(25)18(24)17(12-23)27-21/h4-5,10,14,17-21,23-26H,3,6-9,11-12H2,1-2H3/t17-,18-,19+,20-,21+/m1/s1. The van der Waals surface area contributed by atoms with E-state index < -0.39 is 37.1 Å². The molecular formula is C21H33NO5. The van der Waals surface area contributed by atoms with E-state index in [1.54, 1.807) is 0 Å². The molecule has 0 aromatic heterocycles. The van der Waals surface area contributed by atoms with Gasteiger partial charge in [-0.15, -0.1) is 0 Å². The van der Waals surface area contributed by atoms with Crippen molar-refractivity contribution in [3.63, 3.8) is 0 Å². The fourth-order valence-corrected chi connectivity index (χ4v) is 4.21. The van der Waals surface area contributed by atoms with Crippen molar-refractivity contribution in [2.24, 2.45) is 5.92 Å². The predicted octanol–water partition coefficient (Wildman–Crippen LogP) is 1.13. The van der Waals surface area contributed by atoms with Gasteiger partial charge in [0.15, 0.2) is 0 Å². The van der Waals surface area contributed by atoms with Crippen molar-refractivity contribution >= 4 is 0 Å². The van der Waals surface area contributed by atoms with Gasteiger partial charge in [-0.25, -0.2) is 0 Å². The first-order valence-corrected chi connectivity index (χ1v) is 10.1. The van der Waals surface area contributed by atoms with Crippen LogP contribution >= 0.6 is 0 Å². The molecule has 0 spiro atoms. The van der Waals surface area contributed by atoms with Gasteiger partial charge < -0.3 is 25.2 Å². The van der Waals surface area contributed by atoms with Crippen LogP contribution in [0.15, 0.2) is 18.2 Å². The molecule has 4 N–H and O–H groups in total. The third kappa shape index (κ3) is 4.53. The highest BCUT2D eigenvalue weighted by Crippen LogP contribution is 2.33. The highest BCUT2D eigenvalue weighted by atomic mass is 16.5. The largest absolute Gasteiger partial charge is 0.394 e. The van der Waals surface area contributed by atoms with Gasteiger partial charge in [-0.2, -0.15) is 0 Å². The number of aliphatic hydroxyl groups excluding tert-OH is 4. The van der Waals surface area contributed by atoms with Gasteiger partial charge in [0.1, 0.15) is 30.5 Å². The minimum absolute atomic E-state index is 0.410. The molecule has 1 aromatic carbocycles. The molecule has 0 unspecified atom stereocenters. The van der Waals surface area contributed by atoms with Gasteiger partial charge in [-0.3, -0.25) is 4.90 Å². The van der Waals surface area contributed by atoms with Gasteiger partial charge in [0.05, 0.1) is 6.61 Å². The quantitative estimate of drug-likeness (QED) is 0.613. The zero-order valence-corrected chi connectivity index (χ0v) is 16.3. The first-order valence-electron chi connectivity index (χ1n) is 10.1. The van der Waals surface area contributed by atoms with Crippen LogP contribution < -0.4 is 0 Å². The van der Waals surface area contributed by atoms with Crippen molar-refractivity contribution in [2.75, 3.05) is 19.7 Å². The van der Waals surface area contributed by atoms with E-state index in [4.69, 9.17) is 4.74 Å². The van der Waals surface area contributed by atoms with E-state index in [-0.39, 0.29) is 0 Å². The molecule has 2 aliphatic rings. The van der Waals surface area contributed by atoms with Crippen LogP contribution in [-0.4, -0.2) is 69.4 Å². The van der Waals surface area contributed by atoms with Gasteiger partial charge in [-0.1, -0.05) is 31.5 Å². The molecule has 2 fully saturated rings. The summed E-state index contributed by atoms with van der Waals surface area (Å²) in [5, 5.41) is 39.8. The topological polar surface area (TPSA) is 93.4 Å². The van der Waals surface area contributed by atoms with Crippen LogP contribution in [0.1, 0.15) is 49.0 Å². The summed E-state index contributed by atoms with van der Waals surface area (Å²) < 4.78 is 5.71. The van der Waals surface area contributed by atoms with Crippen LogP contribution in [-0.2, 0) is 11.3 Å². The number of piperidine rings is 1. The zero-order valence-electron chi connectivity index (χ0n) is 16.3. The number of likely N-dealkylation sites (tertiary alicyclic amines) is 1. The van der Waals surface area contributed by atoms with Crippen LogP contribution in [0.5, 0.6) is 0 Å². The summed E-state index contributed by atoms with van der Waals surface area (Å²) in [5.41, 5.74) is 3.12. The second-order valence-electron chi connectivity index (χ2n) is 8.06. The average Bonchev–Trinajstić information content (AvgIpc) is 2.69. The number of aryl methyl sites for hydroxylation is 1. The zero-order chi connectivity index (χ0) is 19.6. The van der Waals surface area contributed by atoms with Crippen molar-refractivity contribution in [1.29, 1.82) is 0 Å².